The number of nitrogens with one attached hydrogen (secondary N) is 1. The molecule has 0 unspecified atom stereocenters. The molecule has 2 aromatic carbocycles. The van der Waals surface area contributed by atoms with Crippen molar-refractivity contribution >= 4 is 34.2 Å². The maximum Gasteiger partial charge on any atom is 0.340 e. The van der Waals surface area contributed by atoms with Gasteiger partial charge in [-0.1, -0.05) is 23.7 Å². The first kappa shape index (κ1) is 16.9. The monoisotopic (exact) mass is 359 g/mol. The third kappa shape index (κ3) is 3.29. The van der Waals surface area contributed by atoms with Gasteiger partial charge in [-0.05, 0) is 24.6 Å². The number of aryl methyl sites for hydroxylation is 1. The predicted molar refractivity (Wildman–Crippen MR) is 94.3 cm³/mol. The summed E-state index contributed by atoms with van der Waals surface area (Å²) in [6.45, 7) is 1.61. The van der Waals surface area contributed by atoms with Crippen molar-refractivity contribution in [3.63, 3.8) is 0 Å². The van der Waals surface area contributed by atoms with Crippen molar-refractivity contribution in [3.05, 3.63) is 63.0 Å². The molecule has 0 radical (unpaired) electrons. The summed E-state index contributed by atoms with van der Waals surface area (Å²) in [4.78, 5) is 24.5. The Morgan fingerprint density at radius 2 is 1.96 bits per heavy atom. The minimum atomic E-state index is -0.704. The third-order valence-corrected chi connectivity index (χ3v) is 4.16. The number of fused-ring (bicyclic) bond motifs is 1. The molecule has 3 aromatic rings. The standard InChI is InChI=1S/C18H14ClNO5/c1-9-11(8-16(23)20-13-5-3-2-4-12(13)19)18(24)25-15-7-10(21)6-14(22)17(9)15/h2-7,21-22H,8H2,1H3,(H,20,23). The highest BCUT2D eigenvalue weighted by atomic mass is 35.5. The first-order valence-electron chi connectivity index (χ1n) is 7.39. The molecule has 0 aliphatic carbocycles. The number of halogens is 1. The molecule has 7 heteroatoms. The molecule has 0 fully saturated rings. The second-order valence-corrected chi connectivity index (χ2v) is 5.94. The topological polar surface area (TPSA) is 99.8 Å². The van der Waals surface area contributed by atoms with Gasteiger partial charge in [-0.25, -0.2) is 4.79 Å². The number of phenolic OH excluding ortho intramolecular Hbond substituents is 2. The van der Waals surface area contributed by atoms with Gasteiger partial charge in [0, 0.05) is 12.1 Å². The summed E-state index contributed by atoms with van der Waals surface area (Å²) in [5.41, 5.74) is 0.320. The van der Waals surface area contributed by atoms with E-state index in [2.05, 4.69) is 5.32 Å². The Morgan fingerprint density at radius 1 is 1.24 bits per heavy atom. The van der Waals surface area contributed by atoms with Crippen molar-refractivity contribution in [3.8, 4) is 11.5 Å². The van der Waals surface area contributed by atoms with Crippen molar-refractivity contribution in [1.82, 2.24) is 0 Å². The molecule has 0 bridgehead atoms. The highest BCUT2D eigenvalue weighted by Gasteiger charge is 2.18. The largest absolute Gasteiger partial charge is 0.508 e. The number of hydrogen-bond donors (Lipinski definition) is 3. The Kier molecular flexibility index (Phi) is 4.37. The van der Waals surface area contributed by atoms with Gasteiger partial charge < -0.3 is 19.9 Å². The van der Waals surface area contributed by atoms with E-state index < -0.39 is 11.5 Å². The summed E-state index contributed by atoms with van der Waals surface area (Å²) in [5, 5.41) is 22.8. The molecule has 3 N–H and O–H groups in total. The molecule has 6 nitrogen and oxygen atoms in total. The molecule has 128 valence electrons. The highest BCUT2D eigenvalue weighted by molar-refractivity contribution is 6.33. The van der Waals surface area contributed by atoms with Crippen molar-refractivity contribution in [2.45, 2.75) is 13.3 Å². The quantitative estimate of drug-likeness (QED) is 0.623. The second-order valence-electron chi connectivity index (χ2n) is 5.54. The lowest BCUT2D eigenvalue weighted by Crippen LogP contribution is -2.20. The second kappa shape index (κ2) is 6.49. The summed E-state index contributed by atoms with van der Waals surface area (Å²) in [6.07, 6.45) is -0.240. The molecular weight excluding hydrogens is 346 g/mol. The Labute approximate surface area is 147 Å². The molecule has 1 amide bonds. The van der Waals surface area contributed by atoms with Crippen LogP contribution in [0.5, 0.6) is 11.5 Å². The number of phenols is 2. The van der Waals surface area contributed by atoms with Crippen LogP contribution in [0.2, 0.25) is 5.02 Å². The van der Waals surface area contributed by atoms with Gasteiger partial charge in [0.25, 0.3) is 0 Å². The molecule has 0 aliphatic heterocycles. The van der Waals surface area contributed by atoms with Crippen LogP contribution in [0, 0.1) is 6.92 Å². The summed E-state index contributed by atoms with van der Waals surface area (Å²) in [5.74, 6) is -0.901. The number of aromatic hydroxyl groups is 2. The fraction of sp³-hybridized carbons (Fsp3) is 0.111. The van der Waals surface area contributed by atoms with Crippen LogP contribution in [-0.4, -0.2) is 16.1 Å². The number of carbonyl (C=O) groups is 1. The van der Waals surface area contributed by atoms with E-state index in [1.165, 1.54) is 6.07 Å². The molecule has 0 atom stereocenters. The molecule has 3 rings (SSSR count). The summed E-state index contributed by atoms with van der Waals surface area (Å²) in [7, 11) is 0. The minimum Gasteiger partial charge on any atom is -0.508 e. The van der Waals surface area contributed by atoms with Crippen LogP contribution in [0.4, 0.5) is 5.69 Å². The van der Waals surface area contributed by atoms with E-state index in [9.17, 15) is 19.8 Å². The third-order valence-electron chi connectivity index (χ3n) is 3.83. The Balaban J connectivity index is 1.98. The van der Waals surface area contributed by atoms with Crippen LogP contribution >= 0.6 is 11.6 Å². The van der Waals surface area contributed by atoms with Gasteiger partial charge in [0.1, 0.15) is 17.1 Å². The van der Waals surface area contributed by atoms with E-state index in [1.54, 1.807) is 31.2 Å². The summed E-state index contributed by atoms with van der Waals surface area (Å²) < 4.78 is 5.13. The summed E-state index contributed by atoms with van der Waals surface area (Å²) in [6, 6.07) is 9.11. The lowest BCUT2D eigenvalue weighted by molar-refractivity contribution is -0.115. The number of carbonyl (C=O) groups excluding carboxylic acids is 1. The van der Waals surface area contributed by atoms with Crippen molar-refractivity contribution < 1.29 is 19.4 Å². The fourth-order valence-corrected chi connectivity index (χ4v) is 2.81. The van der Waals surface area contributed by atoms with Gasteiger partial charge in [0.15, 0.2) is 0 Å². The minimum absolute atomic E-state index is 0.0512. The zero-order valence-corrected chi connectivity index (χ0v) is 13.9. The molecule has 0 aliphatic rings. The normalized spacial score (nSPS) is 10.8. The van der Waals surface area contributed by atoms with E-state index in [-0.39, 0.29) is 34.5 Å². The van der Waals surface area contributed by atoms with Crippen molar-refractivity contribution in [1.29, 1.82) is 0 Å². The van der Waals surface area contributed by atoms with E-state index in [0.717, 1.165) is 6.07 Å². The van der Waals surface area contributed by atoms with Crippen LogP contribution in [0.1, 0.15) is 11.1 Å². The number of anilines is 1. The predicted octanol–water partition coefficient (Wildman–Crippen LogP) is 3.35. The van der Waals surface area contributed by atoms with Crippen LogP contribution in [0.3, 0.4) is 0 Å². The molecule has 0 saturated heterocycles. The molecule has 0 spiro atoms. The number of hydrogen-bond acceptors (Lipinski definition) is 5. The van der Waals surface area contributed by atoms with Crippen LogP contribution in [0.25, 0.3) is 11.0 Å². The highest BCUT2D eigenvalue weighted by Crippen LogP contribution is 2.32. The van der Waals surface area contributed by atoms with Gasteiger partial charge >= 0.3 is 5.63 Å². The van der Waals surface area contributed by atoms with Gasteiger partial charge in [0.2, 0.25) is 5.91 Å². The van der Waals surface area contributed by atoms with E-state index in [0.29, 0.717) is 16.3 Å². The Bertz CT molecular complexity index is 1040. The fourth-order valence-electron chi connectivity index (χ4n) is 2.63. The zero-order chi connectivity index (χ0) is 18.1. The Hall–Kier alpha value is -2.99. The maximum atomic E-state index is 12.3. The average Bonchev–Trinajstić information content (AvgIpc) is 2.52. The van der Waals surface area contributed by atoms with Crippen LogP contribution in [-0.2, 0) is 11.2 Å². The first-order chi connectivity index (χ1) is 11.9. The molecule has 1 heterocycles. The van der Waals surface area contributed by atoms with E-state index in [1.807, 2.05) is 0 Å². The summed E-state index contributed by atoms with van der Waals surface area (Å²) >= 11 is 6.00. The van der Waals surface area contributed by atoms with Crippen LogP contribution in [0.15, 0.2) is 45.6 Å². The van der Waals surface area contributed by atoms with Gasteiger partial charge in [-0.3, -0.25) is 4.79 Å². The number of para-hydroxylation sites is 1. The lowest BCUT2D eigenvalue weighted by Gasteiger charge is -2.10. The number of rotatable bonds is 3. The van der Waals surface area contributed by atoms with Gasteiger partial charge in [-0.15, -0.1) is 0 Å². The van der Waals surface area contributed by atoms with Crippen molar-refractivity contribution in [2.75, 3.05) is 5.32 Å². The van der Waals surface area contributed by atoms with Crippen LogP contribution < -0.4 is 10.9 Å². The molecule has 25 heavy (non-hydrogen) atoms. The molecular formula is C18H14ClNO5. The SMILES string of the molecule is Cc1c(CC(=O)Nc2ccccc2Cl)c(=O)oc2cc(O)cc(O)c12. The van der Waals surface area contributed by atoms with Gasteiger partial charge in [0.05, 0.1) is 28.1 Å². The number of benzene rings is 2. The zero-order valence-electron chi connectivity index (χ0n) is 13.2. The Morgan fingerprint density at radius 3 is 2.68 bits per heavy atom. The van der Waals surface area contributed by atoms with E-state index >= 15 is 0 Å². The van der Waals surface area contributed by atoms with Gasteiger partial charge in [-0.2, -0.15) is 0 Å². The van der Waals surface area contributed by atoms with E-state index in [4.69, 9.17) is 16.0 Å². The molecule has 0 saturated carbocycles. The first-order valence-corrected chi connectivity index (χ1v) is 7.77. The smallest absolute Gasteiger partial charge is 0.340 e. The molecule has 1 aromatic heterocycles. The lowest BCUT2D eigenvalue weighted by atomic mass is 10.0. The maximum absolute atomic E-state index is 12.3. The number of amides is 1. The average molecular weight is 360 g/mol. The van der Waals surface area contributed by atoms with Crippen molar-refractivity contribution in [2.24, 2.45) is 0 Å².